The predicted molar refractivity (Wildman–Crippen MR) is 86.4 cm³/mol. The summed E-state index contributed by atoms with van der Waals surface area (Å²) in [6.07, 6.45) is 13.1. The Balaban J connectivity index is 0.00000169. The van der Waals surface area contributed by atoms with Gasteiger partial charge in [-0.3, -0.25) is 0 Å². The maximum atomic E-state index is 5.67. The Morgan fingerprint density at radius 2 is 2.12 bits per heavy atom. The molecule has 0 unspecified atom stereocenters. The highest BCUT2D eigenvalue weighted by molar-refractivity contribution is 5.66. The molecule has 3 aromatic rings. The highest BCUT2D eigenvalue weighted by atomic mass is 127. The number of aryl methyl sites for hydroxylation is 1. The average Bonchev–Trinajstić information content (AvgIpc) is 3.12. The molecule has 122 valence electrons. The summed E-state index contributed by atoms with van der Waals surface area (Å²) in [6.45, 7) is 0. The van der Waals surface area contributed by atoms with Gasteiger partial charge in [0.1, 0.15) is 0 Å². The Morgan fingerprint density at radius 3 is 2.92 bits per heavy atom. The van der Waals surface area contributed by atoms with Gasteiger partial charge in [-0.2, -0.15) is 4.98 Å². The Morgan fingerprint density at radius 1 is 1.25 bits per heavy atom. The van der Waals surface area contributed by atoms with Crippen LogP contribution in [0.3, 0.4) is 0 Å². The van der Waals surface area contributed by atoms with E-state index < -0.39 is 0 Å². The van der Waals surface area contributed by atoms with Crippen LogP contribution < -0.4 is 44.4 Å². The van der Waals surface area contributed by atoms with Crippen LogP contribution in [0.4, 0.5) is 5.82 Å². The molecule has 0 spiro atoms. The van der Waals surface area contributed by atoms with Crippen molar-refractivity contribution in [1.29, 1.82) is 0 Å². The molecule has 0 atom stereocenters. The fourth-order valence-electron chi connectivity index (χ4n) is 2.42. The van der Waals surface area contributed by atoms with E-state index in [4.69, 9.17) is 8.83 Å². The fraction of sp³-hybridized carbons (Fsp3) is 0.118. The molecular formula is C17H15IN4O2. The molecule has 0 radical (unpaired) electrons. The summed E-state index contributed by atoms with van der Waals surface area (Å²) in [7, 11) is 3.87. The van der Waals surface area contributed by atoms with E-state index in [9.17, 15) is 0 Å². The van der Waals surface area contributed by atoms with Crippen LogP contribution in [-0.2, 0) is 7.05 Å². The third kappa shape index (κ3) is 2.99. The van der Waals surface area contributed by atoms with Crippen LogP contribution in [0.15, 0.2) is 45.5 Å². The number of oxazole rings is 2. The van der Waals surface area contributed by atoms with Gasteiger partial charge in [0.25, 0.3) is 0 Å². The molecule has 0 bridgehead atoms. The molecule has 4 rings (SSSR count). The standard InChI is InChI=1S/C17H15N4O2.HI/c1-20-10-4-6-12-16(20)18-14(22-12)8-3-9-15-19-17-13(23-15)7-5-11-21(17)2;/h3-11H,1-2H3;1H/q+1;/p-1. The number of hydrogen-bond donors (Lipinski definition) is 0. The average molecular weight is 434 g/mol. The summed E-state index contributed by atoms with van der Waals surface area (Å²) in [4.78, 5) is 10.8. The normalized spacial score (nSPS) is 14.1. The summed E-state index contributed by atoms with van der Waals surface area (Å²) in [5, 5.41) is 0. The summed E-state index contributed by atoms with van der Waals surface area (Å²) in [6, 6.07) is 3.82. The quantitative estimate of drug-likeness (QED) is 0.341. The van der Waals surface area contributed by atoms with E-state index in [-0.39, 0.29) is 24.0 Å². The fourth-order valence-corrected chi connectivity index (χ4v) is 2.42. The van der Waals surface area contributed by atoms with Gasteiger partial charge in [-0.15, -0.1) is 0 Å². The van der Waals surface area contributed by atoms with Crippen molar-refractivity contribution in [2.24, 2.45) is 7.05 Å². The molecule has 7 heteroatoms. The van der Waals surface area contributed by atoms with Crippen LogP contribution in [0.2, 0.25) is 0 Å². The number of allylic oxidation sites excluding steroid dienone is 2. The smallest absolute Gasteiger partial charge is 0.370 e. The highest BCUT2D eigenvalue weighted by Gasteiger charge is 2.14. The van der Waals surface area contributed by atoms with Gasteiger partial charge >= 0.3 is 11.5 Å². The van der Waals surface area contributed by atoms with Crippen LogP contribution in [0.5, 0.6) is 0 Å². The van der Waals surface area contributed by atoms with Crippen molar-refractivity contribution in [3.8, 4) is 0 Å². The first kappa shape index (κ1) is 16.4. The molecule has 0 N–H and O–H groups in total. The summed E-state index contributed by atoms with van der Waals surface area (Å²) in [5.74, 6) is 1.35. The molecule has 0 fully saturated rings. The van der Waals surface area contributed by atoms with E-state index in [1.807, 2.05) is 66.3 Å². The Kier molecular flexibility index (Phi) is 4.52. The van der Waals surface area contributed by atoms with Crippen LogP contribution in [0.1, 0.15) is 5.89 Å². The lowest BCUT2D eigenvalue weighted by molar-refractivity contribution is -0.646. The van der Waals surface area contributed by atoms with Crippen LogP contribution in [0, 0.1) is 0 Å². The number of halogens is 1. The van der Waals surface area contributed by atoms with Crippen molar-refractivity contribution >= 4 is 35.3 Å². The van der Waals surface area contributed by atoms with Crippen molar-refractivity contribution < 1.29 is 37.4 Å². The van der Waals surface area contributed by atoms with Crippen molar-refractivity contribution in [3.63, 3.8) is 0 Å². The second-order valence-corrected chi connectivity index (χ2v) is 5.24. The summed E-state index contributed by atoms with van der Waals surface area (Å²) >= 11 is 0. The van der Waals surface area contributed by atoms with E-state index in [1.54, 1.807) is 12.2 Å². The van der Waals surface area contributed by atoms with E-state index in [1.165, 1.54) is 0 Å². The number of fused-ring (bicyclic) bond motifs is 2. The first-order chi connectivity index (χ1) is 11.2. The van der Waals surface area contributed by atoms with Gasteiger partial charge in [0.05, 0.1) is 13.2 Å². The molecule has 4 heterocycles. The van der Waals surface area contributed by atoms with Gasteiger partial charge < -0.3 is 37.7 Å². The zero-order chi connectivity index (χ0) is 15.8. The summed E-state index contributed by atoms with van der Waals surface area (Å²) in [5.41, 5.74) is 2.85. The van der Waals surface area contributed by atoms with Gasteiger partial charge in [-0.05, 0) is 30.4 Å². The van der Waals surface area contributed by atoms with Gasteiger partial charge in [0.2, 0.25) is 11.1 Å². The van der Waals surface area contributed by atoms with Crippen molar-refractivity contribution in [1.82, 2.24) is 9.97 Å². The first-order valence-electron chi connectivity index (χ1n) is 7.22. The minimum absolute atomic E-state index is 0. The number of anilines is 1. The third-order valence-corrected chi connectivity index (χ3v) is 3.56. The van der Waals surface area contributed by atoms with Crippen molar-refractivity contribution in [3.05, 3.63) is 53.5 Å². The van der Waals surface area contributed by atoms with Gasteiger partial charge in [-0.1, -0.05) is 0 Å². The highest BCUT2D eigenvalue weighted by Crippen LogP contribution is 2.12. The number of pyridine rings is 1. The number of rotatable bonds is 2. The largest absolute Gasteiger partial charge is 1.00 e. The number of hydrogen-bond acceptors (Lipinski definition) is 5. The van der Waals surface area contributed by atoms with Gasteiger partial charge in [0, 0.05) is 30.4 Å². The summed E-state index contributed by atoms with van der Waals surface area (Å²) < 4.78 is 13.3. The Hall–Kier alpha value is -2.42. The molecule has 6 nitrogen and oxygen atoms in total. The molecule has 24 heavy (non-hydrogen) atoms. The zero-order valence-corrected chi connectivity index (χ0v) is 15.3. The van der Waals surface area contributed by atoms with Gasteiger partial charge in [-0.25, -0.2) is 4.57 Å². The van der Waals surface area contributed by atoms with E-state index in [0.29, 0.717) is 11.4 Å². The maximum absolute atomic E-state index is 5.67. The Bertz CT molecular complexity index is 1060. The first-order valence-corrected chi connectivity index (χ1v) is 7.22. The molecule has 0 aromatic carbocycles. The molecule has 0 saturated heterocycles. The molecule has 1 aliphatic rings. The molecule has 0 amide bonds. The Labute approximate surface area is 155 Å². The monoisotopic (exact) mass is 434 g/mol. The van der Waals surface area contributed by atoms with Crippen LogP contribution >= 0.6 is 0 Å². The SMILES string of the molecule is CN1C=CC=c2o/c(=C\C=C\c3nc4c(ccc[n+]4C)o3)nc21.[I-]. The van der Waals surface area contributed by atoms with E-state index in [0.717, 1.165) is 22.5 Å². The zero-order valence-electron chi connectivity index (χ0n) is 13.2. The number of aromatic nitrogens is 3. The molecule has 1 aliphatic heterocycles. The van der Waals surface area contributed by atoms with E-state index in [2.05, 4.69) is 9.97 Å². The molecular weight excluding hydrogens is 419 g/mol. The lowest BCUT2D eigenvalue weighted by atomic mass is 10.4. The number of nitrogens with zero attached hydrogens (tertiary/aromatic N) is 4. The predicted octanol–water partition coefficient (Wildman–Crippen LogP) is -2.12. The maximum Gasteiger partial charge on any atom is 0.370 e. The molecule has 0 aliphatic carbocycles. The lowest BCUT2D eigenvalue weighted by Gasteiger charge is -2.10. The molecule has 3 aromatic heterocycles. The minimum atomic E-state index is 0. The molecule has 0 saturated carbocycles. The second kappa shape index (κ2) is 6.60. The van der Waals surface area contributed by atoms with Crippen molar-refractivity contribution in [2.75, 3.05) is 11.9 Å². The van der Waals surface area contributed by atoms with Crippen molar-refractivity contribution in [2.45, 2.75) is 0 Å². The van der Waals surface area contributed by atoms with Crippen LogP contribution in [-0.4, -0.2) is 17.0 Å². The topological polar surface area (TPSA) is 59.2 Å². The minimum Gasteiger partial charge on any atom is -1.00 e. The van der Waals surface area contributed by atoms with E-state index >= 15 is 0 Å². The van der Waals surface area contributed by atoms with Crippen LogP contribution in [0.25, 0.3) is 29.5 Å². The third-order valence-electron chi connectivity index (χ3n) is 3.56. The lowest BCUT2D eigenvalue weighted by Crippen LogP contribution is -3.00. The van der Waals surface area contributed by atoms with Gasteiger partial charge in [0.15, 0.2) is 11.2 Å². The second-order valence-electron chi connectivity index (χ2n) is 5.24.